The lowest BCUT2D eigenvalue weighted by Crippen LogP contribution is -2.42. The van der Waals surface area contributed by atoms with Gasteiger partial charge in [-0.3, -0.25) is 4.79 Å². The van der Waals surface area contributed by atoms with Crippen molar-refractivity contribution in [3.05, 3.63) is 23.9 Å². The highest BCUT2D eigenvalue weighted by Crippen LogP contribution is 2.22. The van der Waals surface area contributed by atoms with E-state index in [9.17, 15) is 4.79 Å². The molecule has 0 saturated carbocycles. The number of likely N-dealkylation sites (tertiary alicyclic amines) is 1. The number of carbonyl (C=O) groups is 1. The van der Waals surface area contributed by atoms with Crippen LogP contribution in [0.2, 0.25) is 0 Å². The number of hydrogen-bond acceptors (Lipinski definition) is 3. The predicted molar refractivity (Wildman–Crippen MR) is 77.4 cm³/mol. The molecule has 1 fully saturated rings. The smallest absolute Gasteiger partial charge is 0.272 e. The molecule has 19 heavy (non-hydrogen) atoms. The number of piperidine rings is 1. The highest BCUT2D eigenvalue weighted by molar-refractivity contribution is 5.92. The van der Waals surface area contributed by atoms with E-state index < -0.39 is 0 Å². The van der Waals surface area contributed by atoms with Gasteiger partial charge in [-0.05, 0) is 30.4 Å². The number of amides is 1. The normalized spacial score (nSPS) is 23.3. The molecular weight excluding hydrogens is 238 g/mol. The van der Waals surface area contributed by atoms with Crippen LogP contribution in [0.3, 0.4) is 0 Å². The summed E-state index contributed by atoms with van der Waals surface area (Å²) in [5.74, 6) is 2.03. The summed E-state index contributed by atoms with van der Waals surface area (Å²) in [6.07, 6.45) is 1.20. The number of pyridine rings is 1. The first-order valence-corrected chi connectivity index (χ1v) is 6.91. The molecular formula is C15H23N3O. The highest BCUT2D eigenvalue weighted by Gasteiger charge is 2.26. The molecule has 1 aromatic heterocycles. The average Bonchev–Trinajstić information content (AvgIpc) is 2.37. The van der Waals surface area contributed by atoms with Gasteiger partial charge in [0.15, 0.2) is 0 Å². The van der Waals surface area contributed by atoms with Crippen LogP contribution in [0, 0.1) is 11.8 Å². The zero-order valence-electron chi connectivity index (χ0n) is 12.3. The Hall–Kier alpha value is -1.58. The molecule has 2 rings (SSSR count). The van der Waals surface area contributed by atoms with Crippen molar-refractivity contribution >= 4 is 11.7 Å². The molecule has 1 aromatic rings. The van der Waals surface area contributed by atoms with Crippen molar-refractivity contribution in [3.8, 4) is 0 Å². The second-order valence-electron chi connectivity index (χ2n) is 5.93. The standard InChI is InChI=1S/C15H23N3O/c1-11-8-12(2)10-18(9-11)15(19)13-6-5-7-14(16-13)17(3)4/h5-7,11-12H,8-10H2,1-4H3. The van der Waals surface area contributed by atoms with Gasteiger partial charge in [0.1, 0.15) is 11.5 Å². The third kappa shape index (κ3) is 3.25. The molecule has 0 spiro atoms. The van der Waals surface area contributed by atoms with E-state index in [1.54, 1.807) is 6.07 Å². The van der Waals surface area contributed by atoms with E-state index >= 15 is 0 Å². The number of anilines is 1. The van der Waals surface area contributed by atoms with Gasteiger partial charge in [-0.1, -0.05) is 19.9 Å². The second-order valence-corrected chi connectivity index (χ2v) is 5.93. The summed E-state index contributed by atoms with van der Waals surface area (Å²) >= 11 is 0. The van der Waals surface area contributed by atoms with Gasteiger partial charge in [-0.25, -0.2) is 4.98 Å². The minimum atomic E-state index is 0.0575. The Morgan fingerprint density at radius 1 is 1.26 bits per heavy atom. The third-order valence-corrected chi connectivity index (χ3v) is 3.57. The van der Waals surface area contributed by atoms with Crippen LogP contribution in [0.25, 0.3) is 0 Å². The Morgan fingerprint density at radius 2 is 1.89 bits per heavy atom. The van der Waals surface area contributed by atoms with E-state index in [2.05, 4.69) is 18.8 Å². The monoisotopic (exact) mass is 261 g/mol. The Kier molecular flexibility index (Phi) is 4.08. The zero-order chi connectivity index (χ0) is 14.0. The quantitative estimate of drug-likeness (QED) is 0.819. The second kappa shape index (κ2) is 5.59. The summed E-state index contributed by atoms with van der Waals surface area (Å²) in [7, 11) is 3.86. The molecule has 4 nitrogen and oxygen atoms in total. The maximum Gasteiger partial charge on any atom is 0.272 e. The maximum atomic E-state index is 12.5. The Labute approximate surface area is 115 Å². The van der Waals surface area contributed by atoms with Gasteiger partial charge in [0.05, 0.1) is 0 Å². The van der Waals surface area contributed by atoms with Crippen LogP contribution >= 0.6 is 0 Å². The van der Waals surface area contributed by atoms with Crippen molar-refractivity contribution in [2.24, 2.45) is 11.8 Å². The molecule has 0 radical (unpaired) electrons. The topological polar surface area (TPSA) is 36.4 Å². The molecule has 2 unspecified atom stereocenters. The molecule has 0 bridgehead atoms. The molecule has 0 aliphatic carbocycles. The van der Waals surface area contributed by atoms with E-state index in [0.29, 0.717) is 17.5 Å². The van der Waals surface area contributed by atoms with Crippen molar-refractivity contribution in [2.75, 3.05) is 32.1 Å². The fraction of sp³-hybridized carbons (Fsp3) is 0.600. The number of aromatic nitrogens is 1. The molecule has 2 heterocycles. The summed E-state index contributed by atoms with van der Waals surface area (Å²) in [6, 6.07) is 5.61. The van der Waals surface area contributed by atoms with Crippen LogP contribution in [0.15, 0.2) is 18.2 Å². The lowest BCUT2D eigenvalue weighted by molar-refractivity contribution is 0.0617. The first kappa shape index (κ1) is 13.8. The molecule has 4 heteroatoms. The van der Waals surface area contributed by atoms with Crippen molar-refractivity contribution in [2.45, 2.75) is 20.3 Å². The van der Waals surface area contributed by atoms with E-state index in [0.717, 1.165) is 18.9 Å². The SMILES string of the molecule is CC1CC(C)CN(C(=O)c2cccc(N(C)C)n2)C1. The van der Waals surface area contributed by atoms with Crippen molar-refractivity contribution in [3.63, 3.8) is 0 Å². The highest BCUT2D eigenvalue weighted by atomic mass is 16.2. The number of carbonyl (C=O) groups excluding carboxylic acids is 1. The van der Waals surface area contributed by atoms with Gasteiger partial charge in [-0.15, -0.1) is 0 Å². The van der Waals surface area contributed by atoms with E-state index in [4.69, 9.17) is 0 Å². The van der Waals surface area contributed by atoms with Crippen molar-refractivity contribution < 1.29 is 4.79 Å². The van der Waals surface area contributed by atoms with Crippen molar-refractivity contribution in [1.29, 1.82) is 0 Å². The molecule has 1 amide bonds. The van der Waals surface area contributed by atoms with Crippen LogP contribution in [-0.2, 0) is 0 Å². The first-order chi connectivity index (χ1) is 8.97. The van der Waals surface area contributed by atoms with E-state index in [1.165, 1.54) is 6.42 Å². The first-order valence-electron chi connectivity index (χ1n) is 6.91. The van der Waals surface area contributed by atoms with Crippen LogP contribution in [0.5, 0.6) is 0 Å². The molecule has 1 aliphatic rings. The largest absolute Gasteiger partial charge is 0.363 e. The molecule has 0 aromatic carbocycles. The lowest BCUT2D eigenvalue weighted by Gasteiger charge is -2.34. The number of hydrogen-bond donors (Lipinski definition) is 0. The van der Waals surface area contributed by atoms with Crippen LogP contribution in [-0.4, -0.2) is 43.0 Å². The fourth-order valence-corrected chi connectivity index (χ4v) is 2.78. The minimum absolute atomic E-state index is 0.0575. The Morgan fingerprint density at radius 3 is 2.47 bits per heavy atom. The minimum Gasteiger partial charge on any atom is -0.363 e. The zero-order valence-corrected chi connectivity index (χ0v) is 12.3. The number of rotatable bonds is 2. The van der Waals surface area contributed by atoms with Crippen LogP contribution in [0.4, 0.5) is 5.82 Å². The van der Waals surface area contributed by atoms with Gasteiger partial charge >= 0.3 is 0 Å². The number of nitrogens with zero attached hydrogens (tertiary/aromatic N) is 3. The summed E-state index contributed by atoms with van der Waals surface area (Å²) < 4.78 is 0. The Bertz CT molecular complexity index is 448. The maximum absolute atomic E-state index is 12.5. The van der Waals surface area contributed by atoms with Crippen LogP contribution < -0.4 is 4.90 Å². The summed E-state index contributed by atoms with van der Waals surface area (Å²) in [6.45, 7) is 6.10. The molecule has 1 aliphatic heterocycles. The molecule has 104 valence electrons. The van der Waals surface area contributed by atoms with Gasteiger partial charge in [0.2, 0.25) is 0 Å². The average molecular weight is 261 g/mol. The summed E-state index contributed by atoms with van der Waals surface area (Å²) in [5, 5.41) is 0. The van der Waals surface area contributed by atoms with Gasteiger partial charge < -0.3 is 9.80 Å². The fourth-order valence-electron chi connectivity index (χ4n) is 2.78. The molecule has 1 saturated heterocycles. The summed E-state index contributed by atoms with van der Waals surface area (Å²) in [4.78, 5) is 20.8. The third-order valence-electron chi connectivity index (χ3n) is 3.57. The van der Waals surface area contributed by atoms with Crippen LogP contribution in [0.1, 0.15) is 30.8 Å². The van der Waals surface area contributed by atoms with E-state index in [-0.39, 0.29) is 5.91 Å². The lowest BCUT2D eigenvalue weighted by atomic mass is 9.92. The molecule has 0 N–H and O–H groups in total. The van der Waals surface area contributed by atoms with Gasteiger partial charge in [-0.2, -0.15) is 0 Å². The predicted octanol–water partition coefficient (Wildman–Crippen LogP) is 2.27. The Balaban J connectivity index is 2.17. The summed E-state index contributed by atoms with van der Waals surface area (Å²) in [5.41, 5.74) is 0.549. The van der Waals surface area contributed by atoms with Crippen molar-refractivity contribution in [1.82, 2.24) is 9.88 Å². The van der Waals surface area contributed by atoms with E-state index in [1.807, 2.05) is 36.0 Å². The van der Waals surface area contributed by atoms with Gasteiger partial charge in [0.25, 0.3) is 5.91 Å². The van der Waals surface area contributed by atoms with Gasteiger partial charge in [0, 0.05) is 27.2 Å². The molecule has 2 atom stereocenters.